The average Bonchev–Trinajstić information content (AvgIpc) is 3.29. The Morgan fingerprint density at radius 1 is 0.478 bits per heavy atom. The second-order valence-electron chi connectivity index (χ2n) is 18.5. The normalized spacial score (nSPS) is 14.4. The summed E-state index contributed by atoms with van der Waals surface area (Å²) in [6, 6.07) is 0. The number of likely N-dealkylation sites (N-methyl/N-ethyl adjacent to an activating group) is 1. The Hall–Kier alpha value is -2.84. The van der Waals surface area contributed by atoms with E-state index in [0.29, 0.717) is 24.1 Å². The van der Waals surface area contributed by atoms with E-state index in [1.807, 2.05) is 21.1 Å². The summed E-state index contributed by atoms with van der Waals surface area (Å²) in [5, 5.41) is 0. The van der Waals surface area contributed by atoms with Crippen molar-refractivity contribution in [3.05, 3.63) is 109 Å². The van der Waals surface area contributed by atoms with Crippen LogP contribution in [-0.2, 0) is 27.9 Å². The van der Waals surface area contributed by atoms with E-state index in [-0.39, 0.29) is 25.8 Å². The highest BCUT2D eigenvalue weighted by molar-refractivity contribution is 7.47. The maximum atomic E-state index is 12.8. The fraction of sp³-hybridized carbons (Fsp3) is 0.672. The standard InChI is InChI=1S/C58H100NO7P/c1-6-8-10-12-14-16-18-20-22-24-26-28-29-30-31-32-33-35-37-39-41-43-45-47-49-51-58(60)66-57(56-65-67(61,62)64-54-52-59(3,4)5)55-63-53-50-48-46-44-42-40-38-36-34-27-25-23-21-19-17-15-13-11-9-7-2/h9,11,15,17-18,20-21,23-24,26-27,29-30,34,38,40,44,46,57H,6-8,10,12-14,16,19,22,25,28,31-33,35-37,39,41-43,45,47-56H2,1-5H3/p+1/b11-9-,17-15-,20-18-,23-21-,26-24-,30-29-,34-27-,40-38-,46-44-. The minimum atomic E-state index is -4.31. The molecule has 0 aromatic carbocycles. The van der Waals surface area contributed by atoms with Crippen LogP contribution in [0.25, 0.3) is 0 Å². The number of phosphoric ester groups is 1. The summed E-state index contributed by atoms with van der Waals surface area (Å²) >= 11 is 0. The molecule has 0 bridgehead atoms. The number of carbonyl (C=O) groups is 1. The topological polar surface area (TPSA) is 91.3 Å². The predicted octanol–water partition coefficient (Wildman–Crippen LogP) is 16.7. The largest absolute Gasteiger partial charge is 0.472 e. The lowest BCUT2D eigenvalue weighted by molar-refractivity contribution is -0.870. The molecule has 2 atom stereocenters. The van der Waals surface area contributed by atoms with Crippen molar-refractivity contribution in [2.24, 2.45) is 0 Å². The molecule has 0 aliphatic rings. The minimum absolute atomic E-state index is 0.0707. The first kappa shape index (κ1) is 64.2. The van der Waals surface area contributed by atoms with E-state index in [2.05, 4.69) is 123 Å². The number of rotatable bonds is 48. The van der Waals surface area contributed by atoms with Crippen molar-refractivity contribution in [3.8, 4) is 0 Å². The summed E-state index contributed by atoms with van der Waals surface area (Å²) in [4.78, 5) is 23.0. The number of quaternary nitrogens is 1. The first-order chi connectivity index (χ1) is 32.6. The van der Waals surface area contributed by atoms with Crippen LogP contribution in [0.1, 0.15) is 194 Å². The summed E-state index contributed by atoms with van der Waals surface area (Å²) in [6.07, 6.45) is 70.1. The van der Waals surface area contributed by atoms with Gasteiger partial charge in [-0.15, -0.1) is 0 Å². The first-order valence-corrected chi connectivity index (χ1v) is 28.1. The molecule has 2 unspecified atom stereocenters. The molecule has 384 valence electrons. The monoisotopic (exact) mass is 955 g/mol. The number of carbonyl (C=O) groups excluding carboxylic acids is 1. The van der Waals surface area contributed by atoms with Crippen LogP contribution in [0.3, 0.4) is 0 Å². The fourth-order valence-corrected chi connectivity index (χ4v) is 7.49. The van der Waals surface area contributed by atoms with Gasteiger partial charge in [-0.2, -0.15) is 0 Å². The van der Waals surface area contributed by atoms with Crippen LogP contribution in [0.4, 0.5) is 0 Å². The highest BCUT2D eigenvalue weighted by Crippen LogP contribution is 2.43. The van der Waals surface area contributed by atoms with E-state index in [0.717, 1.165) is 83.5 Å². The third-order valence-corrected chi connectivity index (χ3v) is 11.8. The molecule has 0 aliphatic heterocycles. The van der Waals surface area contributed by atoms with Gasteiger partial charge in [-0.3, -0.25) is 13.8 Å². The number of phosphoric acid groups is 1. The van der Waals surface area contributed by atoms with Crippen molar-refractivity contribution in [3.63, 3.8) is 0 Å². The second-order valence-corrected chi connectivity index (χ2v) is 20.0. The summed E-state index contributed by atoms with van der Waals surface area (Å²) in [6.45, 7) is 5.32. The van der Waals surface area contributed by atoms with E-state index in [1.54, 1.807) is 0 Å². The minimum Gasteiger partial charge on any atom is -0.457 e. The number of ether oxygens (including phenoxy) is 2. The van der Waals surface area contributed by atoms with Crippen LogP contribution in [0.15, 0.2) is 109 Å². The smallest absolute Gasteiger partial charge is 0.457 e. The van der Waals surface area contributed by atoms with Gasteiger partial charge in [0, 0.05) is 13.0 Å². The molecular weight excluding hydrogens is 854 g/mol. The van der Waals surface area contributed by atoms with Crippen molar-refractivity contribution >= 4 is 13.8 Å². The zero-order chi connectivity index (χ0) is 49.0. The van der Waals surface area contributed by atoms with E-state index in [4.69, 9.17) is 18.5 Å². The molecule has 0 radical (unpaired) electrons. The molecule has 0 spiro atoms. The number of nitrogens with zero attached hydrogens (tertiary/aromatic N) is 1. The van der Waals surface area contributed by atoms with Crippen molar-refractivity contribution < 1.29 is 37.3 Å². The van der Waals surface area contributed by atoms with Gasteiger partial charge in [-0.05, 0) is 96.3 Å². The Bertz CT molecular complexity index is 1430. The van der Waals surface area contributed by atoms with E-state index < -0.39 is 13.9 Å². The molecule has 0 heterocycles. The number of esters is 1. The zero-order valence-corrected chi connectivity index (χ0v) is 44.5. The highest BCUT2D eigenvalue weighted by Gasteiger charge is 2.26. The van der Waals surface area contributed by atoms with E-state index in [9.17, 15) is 14.3 Å². The number of allylic oxidation sites excluding steroid dienone is 18. The lowest BCUT2D eigenvalue weighted by atomic mass is 10.0. The SMILES string of the molecule is CC/C=C\C/C=C\C/C=C\C/C=C\C/C=C\C/C=C\CCCOCC(COP(=O)(O)OCC[N+](C)(C)C)OC(=O)CCCCCCCCCCCC/C=C\C/C=C\C/C=C\CCCCCCC. The number of hydrogen-bond acceptors (Lipinski definition) is 6. The molecule has 0 aliphatic carbocycles. The van der Waals surface area contributed by atoms with Gasteiger partial charge in [0.15, 0.2) is 0 Å². The third-order valence-electron chi connectivity index (χ3n) is 10.8. The summed E-state index contributed by atoms with van der Waals surface area (Å²) in [5.41, 5.74) is 0. The molecule has 1 N–H and O–H groups in total. The zero-order valence-electron chi connectivity index (χ0n) is 43.6. The Kier molecular flexibility index (Phi) is 47.5. The molecule has 0 rings (SSSR count). The Labute approximate surface area is 412 Å². The molecule has 0 fully saturated rings. The lowest BCUT2D eigenvalue weighted by Crippen LogP contribution is -2.37. The number of unbranched alkanes of at least 4 members (excludes halogenated alkanes) is 16. The quantitative estimate of drug-likeness (QED) is 0.0214. The highest BCUT2D eigenvalue weighted by atomic mass is 31.2. The fourth-order valence-electron chi connectivity index (χ4n) is 6.75. The first-order valence-electron chi connectivity index (χ1n) is 26.6. The van der Waals surface area contributed by atoms with Gasteiger partial charge in [0.1, 0.15) is 19.3 Å². The molecule has 0 amide bonds. The van der Waals surface area contributed by atoms with Gasteiger partial charge >= 0.3 is 13.8 Å². The molecule has 8 nitrogen and oxygen atoms in total. The maximum absolute atomic E-state index is 12.8. The van der Waals surface area contributed by atoms with Gasteiger partial charge in [0.2, 0.25) is 0 Å². The van der Waals surface area contributed by atoms with Gasteiger partial charge < -0.3 is 18.9 Å². The van der Waals surface area contributed by atoms with Crippen LogP contribution in [0, 0.1) is 0 Å². The Morgan fingerprint density at radius 3 is 1.30 bits per heavy atom. The van der Waals surface area contributed by atoms with Gasteiger partial charge in [-0.1, -0.05) is 200 Å². The van der Waals surface area contributed by atoms with Crippen LogP contribution < -0.4 is 0 Å². The Balaban J connectivity index is 4.24. The van der Waals surface area contributed by atoms with Gasteiger partial charge in [-0.25, -0.2) is 4.57 Å². The molecule has 9 heteroatoms. The van der Waals surface area contributed by atoms with Gasteiger partial charge in [0.05, 0.1) is 34.4 Å². The molecule has 0 saturated heterocycles. The lowest BCUT2D eigenvalue weighted by Gasteiger charge is -2.24. The molecule has 0 saturated carbocycles. The summed E-state index contributed by atoms with van der Waals surface area (Å²) < 4.78 is 35.1. The van der Waals surface area contributed by atoms with Crippen molar-refractivity contribution in [1.82, 2.24) is 0 Å². The van der Waals surface area contributed by atoms with Crippen LogP contribution in [-0.4, -0.2) is 75.6 Å². The van der Waals surface area contributed by atoms with Crippen LogP contribution in [0.5, 0.6) is 0 Å². The average molecular weight is 955 g/mol. The van der Waals surface area contributed by atoms with Gasteiger partial charge in [0.25, 0.3) is 0 Å². The van der Waals surface area contributed by atoms with Crippen LogP contribution in [0.2, 0.25) is 0 Å². The Morgan fingerprint density at radius 2 is 0.866 bits per heavy atom. The van der Waals surface area contributed by atoms with E-state index in [1.165, 1.54) is 89.9 Å². The van der Waals surface area contributed by atoms with Crippen molar-refractivity contribution in [2.75, 3.05) is 54.1 Å². The summed E-state index contributed by atoms with van der Waals surface area (Å²) in [7, 11) is 1.61. The molecular formula is C58H101NO7P+. The predicted molar refractivity (Wildman–Crippen MR) is 288 cm³/mol. The molecule has 0 aromatic heterocycles. The van der Waals surface area contributed by atoms with Crippen molar-refractivity contribution in [2.45, 2.75) is 200 Å². The van der Waals surface area contributed by atoms with E-state index >= 15 is 0 Å². The van der Waals surface area contributed by atoms with Crippen LogP contribution >= 0.6 is 7.82 Å². The third kappa shape index (κ3) is 54.0. The molecule has 67 heavy (non-hydrogen) atoms. The maximum Gasteiger partial charge on any atom is 0.472 e. The number of hydrogen-bond donors (Lipinski definition) is 1. The van der Waals surface area contributed by atoms with Crippen molar-refractivity contribution in [1.29, 1.82) is 0 Å². The molecule has 0 aromatic rings. The summed E-state index contributed by atoms with van der Waals surface area (Å²) in [5.74, 6) is -0.341. The second kappa shape index (κ2) is 49.6.